The van der Waals surface area contributed by atoms with Gasteiger partial charge in [-0.15, -0.1) is 0 Å². The van der Waals surface area contributed by atoms with Crippen LogP contribution < -0.4 is 4.90 Å². The zero-order chi connectivity index (χ0) is 11.5. The van der Waals surface area contributed by atoms with Crippen LogP contribution in [0.5, 0.6) is 0 Å². The molecule has 1 rings (SSSR count). The average Bonchev–Trinajstić information content (AvgIpc) is 2.15. The molecule has 0 radical (unpaired) electrons. The maximum atomic E-state index is 9.24. The molecule has 0 spiro atoms. The lowest BCUT2D eigenvalue weighted by atomic mass is 9.96. The molecule has 1 N–H and O–H groups in total. The van der Waals surface area contributed by atoms with Crippen LogP contribution in [0.1, 0.15) is 26.3 Å². The molecule has 2 nitrogen and oxygen atoms in total. The van der Waals surface area contributed by atoms with Crippen molar-refractivity contribution >= 4 is 5.69 Å². The molecule has 84 valence electrons. The summed E-state index contributed by atoms with van der Waals surface area (Å²) < 4.78 is 0. The van der Waals surface area contributed by atoms with Gasteiger partial charge in [-0.3, -0.25) is 0 Å². The Labute approximate surface area is 92.5 Å². The summed E-state index contributed by atoms with van der Waals surface area (Å²) in [6.45, 7) is 7.72. The van der Waals surface area contributed by atoms with Crippen LogP contribution in [0.25, 0.3) is 0 Å². The van der Waals surface area contributed by atoms with Crippen LogP contribution in [0.3, 0.4) is 0 Å². The van der Waals surface area contributed by atoms with Crippen molar-refractivity contribution in [2.45, 2.75) is 27.4 Å². The number of hydrogen-bond donors (Lipinski definition) is 1. The molecule has 0 amide bonds. The molecule has 0 atom stereocenters. The largest absolute Gasteiger partial charge is 0.392 e. The Kier molecular flexibility index (Phi) is 3.75. The van der Waals surface area contributed by atoms with Gasteiger partial charge in [-0.25, -0.2) is 0 Å². The molecule has 1 aromatic carbocycles. The summed E-state index contributed by atoms with van der Waals surface area (Å²) in [5.74, 6) is 0. The zero-order valence-electron chi connectivity index (χ0n) is 10.1. The number of anilines is 1. The molecule has 15 heavy (non-hydrogen) atoms. The number of hydrogen-bond acceptors (Lipinski definition) is 2. The van der Waals surface area contributed by atoms with Crippen LogP contribution >= 0.6 is 0 Å². The van der Waals surface area contributed by atoms with E-state index in [1.165, 1.54) is 0 Å². The Hall–Kier alpha value is -1.02. The SMILES string of the molecule is CN(CC(C)(C)C)c1ccccc1CO. The van der Waals surface area contributed by atoms with Gasteiger partial charge in [0.15, 0.2) is 0 Å². The van der Waals surface area contributed by atoms with Gasteiger partial charge in [0.2, 0.25) is 0 Å². The van der Waals surface area contributed by atoms with Gasteiger partial charge in [0.1, 0.15) is 0 Å². The number of aliphatic hydroxyl groups excluding tert-OH is 1. The van der Waals surface area contributed by atoms with Crippen molar-refractivity contribution in [1.82, 2.24) is 0 Å². The third kappa shape index (κ3) is 3.56. The second kappa shape index (κ2) is 4.67. The maximum absolute atomic E-state index is 9.24. The van der Waals surface area contributed by atoms with E-state index in [2.05, 4.69) is 38.8 Å². The molecule has 0 aliphatic rings. The molecular weight excluding hydrogens is 186 g/mol. The highest BCUT2D eigenvalue weighted by molar-refractivity contribution is 5.52. The number of rotatable bonds is 3. The first-order valence-electron chi connectivity index (χ1n) is 5.34. The van der Waals surface area contributed by atoms with Crippen LogP contribution in [0.2, 0.25) is 0 Å². The molecule has 0 aliphatic heterocycles. The number of para-hydroxylation sites is 1. The van der Waals surface area contributed by atoms with Crippen LogP contribution in [-0.2, 0) is 6.61 Å². The Balaban J connectivity index is 2.86. The van der Waals surface area contributed by atoms with E-state index in [1.54, 1.807) is 0 Å². The zero-order valence-corrected chi connectivity index (χ0v) is 10.1. The second-order valence-corrected chi connectivity index (χ2v) is 5.20. The van der Waals surface area contributed by atoms with Crippen molar-refractivity contribution < 1.29 is 5.11 Å². The van der Waals surface area contributed by atoms with E-state index in [1.807, 2.05) is 18.2 Å². The van der Waals surface area contributed by atoms with E-state index < -0.39 is 0 Å². The number of aliphatic hydroxyl groups is 1. The first kappa shape index (κ1) is 12.1. The number of benzene rings is 1. The first-order chi connectivity index (χ1) is 6.94. The predicted octanol–water partition coefficient (Wildman–Crippen LogP) is 2.66. The quantitative estimate of drug-likeness (QED) is 0.823. The lowest BCUT2D eigenvalue weighted by molar-refractivity contribution is 0.281. The van der Waals surface area contributed by atoms with Gasteiger partial charge >= 0.3 is 0 Å². The summed E-state index contributed by atoms with van der Waals surface area (Å²) in [6.07, 6.45) is 0. The van der Waals surface area contributed by atoms with E-state index in [0.717, 1.165) is 17.8 Å². The van der Waals surface area contributed by atoms with Crippen LogP contribution in [0, 0.1) is 5.41 Å². The average molecular weight is 207 g/mol. The molecule has 1 aromatic rings. The summed E-state index contributed by atoms with van der Waals surface area (Å²) in [6, 6.07) is 7.99. The number of nitrogens with zero attached hydrogens (tertiary/aromatic N) is 1. The standard InChI is InChI=1S/C13H21NO/c1-13(2,3)10-14(4)12-8-6-5-7-11(12)9-15/h5-8,15H,9-10H2,1-4H3. The Morgan fingerprint density at radius 3 is 2.33 bits per heavy atom. The van der Waals surface area contributed by atoms with Crippen LogP contribution in [-0.4, -0.2) is 18.7 Å². The van der Waals surface area contributed by atoms with Gasteiger partial charge in [0.25, 0.3) is 0 Å². The third-order valence-electron chi connectivity index (χ3n) is 2.28. The lowest BCUT2D eigenvalue weighted by Crippen LogP contribution is -2.29. The fourth-order valence-corrected chi connectivity index (χ4v) is 1.81. The van der Waals surface area contributed by atoms with E-state index in [-0.39, 0.29) is 12.0 Å². The molecule has 2 heteroatoms. The van der Waals surface area contributed by atoms with Crippen molar-refractivity contribution in [2.75, 3.05) is 18.5 Å². The smallest absolute Gasteiger partial charge is 0.0702 e. The van der Waals surface area contributed by atoms with Crippen LogP contribution in [0.4, 0.5) is 5.69 Å². The normalized spacial score (nSPS) is 11.5. The third-order valence-corrected chi connectivity index (χ3v) is 2.28. The van der Waals surface area contributed by atoms with Gasteiger partial charge in [-0.2, -0.15) is 0 Å². The summed E-state index contributed by atoms with van der Waals surface area (Å²) >= 11 is 0. The molecular formula is C13H21NO. The van der Waals surface area contributed by atoms with E-state index in [9.17, 15) is 5.11 Å². The maximum Gasteiger partial charge on any atom is 0.0702 e. The summed E-state index contributed by atoms with van der Waals surface area (Å²) in [4.78, 5) is 2.20. The van der Waals surface area contributed by atoms with Gasteiger partial charge in [-0.1, -0.05) is 39.0 Å². The Morgan fingerprint density at radius 1 is 1.20 bits per heavy atom. The molecule has 0 bridgehead atoms. The molecule has 0 fully saturated rings. The monoisotopic (exact) mass is 207 g/mol. The highest BCUT2D eigenvalue weighted by atomic mass is 16.3. The van der Waals surface area contributed by atoms with Gasteiger partial charge in [0, 0.05) is 24.8 Å². The molecule has 0 aromatic heterocycles. The molecule has 0 unspecified atom stereocenters. The fraction of sp³-hybridized carbons (Fsp3) is 0.538. The first-order valence-corrected chi connectivity index (χ1v) is 5.34. The summed E-state index contributed by atoms with van der Waals surface area (Å²) in [7, 11) is 2.07. The van der Waals surface area contributed by atoms with Crippen molar-refractivity contribution in [1.29, 1.82) is 0 Å². The lowest BCUT2D eigenvalue weighted by Gasteiger charge is -2.29. The highest BCUT2D eigenvalue weighted by Crippen LogP contribution is 2.23. The van der Waals surface area contributed by atoms with E-state index in [0.29, 0.717) is 0 Å². The van der Waals surface area contributed by atoms with Gasteiger partial charge in [-0.05, 0) is 11.5 Å². The Morgan fingerprint density at radius 2 is 1.80 bits per heavy atom. The summed E-state index contributed by atoms with van der Waals surface area (Å²) in [5.41, 5.74) is 2.37. The van der Waals surface area contributed by atoms with E-state index in [4.69, 9.17) is 0 Å². The predicted molar refractivity (Wildman–Crippen MR) is 65.1 cm³/mol. The molecule has 0 aliphatic carbocycles. The Bertz CT molecular complexity index is 315. The van der Waals surface area contributed by atoms with Crippen molar-refractivity contribution in [3.63, 3.8) is 0 Å². The molecule has 0 heterocycles. The van der Waals surface area contributed by atoms with Crippen molar-refractivity contribution in [3.8, 4) is 0 Å². The highest BCUT2D eigenvalue weighted by Gasteiger charge is 2.15. The topological polar surface area (TPSA) is 23.5 Å². The van der Waals surface area contributed by atoms with Crippen molar-refractivity contribution in [3.05, 3.63) is 29.8 Å². The summed E-state index contributed by atoms with van der Waals surface area (Å²) in [5, 5.41) is 9.24. The fourth-order valence-electron chi connectivity index (χ4n) is 1.81. The van der Waals surface area contributed by atoms with Crippen LogP contribution in [0.15, 0.2) is 24.3 Å². The minimum absolute atomic E-state index is 0.102. The minimum atomic E-state index is 0.102. The van der Waals surface area contributed by atoms with Gasteiger partial charge in [0.05, 0.1) is 6.61 Å². The minimum Gasteiger partial charge on any atom is -0.392 e. The van der Waals surface area contributed by atoms with E-state index >= 15 is 0 Å². The van der Waals surface area contributed by atoms with Crippen molar-refractivity contribution in [2.24, 2.45) is 5.41 Å². The molecule has 0 saturated carbocycles. The molecule has 0 saturated heterocycles. The van der Waals surface area contributed by atoms with Gasteiger partial charge < -0.3 is 10.0 Å². The second-order valence-electron chi connectivity index (χ2n) is 5.20.